The first-order valence-electron chi connectivity index (χ1n) is 3.99. The zero-order valence-electron chi connectivity index (χ0n) is 7.61. The predicted molar refractivity (Wildman–Crippen MR) is 52.6 cm³/mol. The van der Waals surface area contributed by atoms with Gasteiger partial charge in [-0.1, -0.05) is 0 Å². The summed E-state index contributed by atoms with van der Waals surface area (Å²) in [7, 11) is -4.68. The van der Waals surface area contributed by atoms with Gasteiger partial charge >= 0.3 is 10.1 Å². The molecule has 1 aromatic carbocycles. The Morgan fingerprint density at radius 2 is 2.12 bits per heavy atom. The molecule has 0 atom stereocenters. The maximum Gasteiger partial charge on any atom is 0.302 e. The van der Waals surface area contributed by atoms with E-state index in [9.17, 15) is 18.5 Å². The fraction of sp³-hybridized carbons (Fsp3) is 0. The second-order valence-electron chi connectivity index (χ2n) is 2.98. The van der Waals surface area contributed by atoms with Gasteiger partial charge in [-0.3, -0.25) is 19.8 Å². The quantitative estimate of drug-likeness (QED) is 0.454. The molecule has 0 fully saturated rings. The Hall–Kier alpha value is -2.00. The summed E-state index contributed by atoms with van der Waals surface area (Å²) in [4.78, 5) is 9.01. The van der Waals surface area contributed by atoms with Crippen LogP contribution in [0.2, 0.25) is 0 Å². The monoisotopic (exact) mass is 243 g/mol. The molecule has 84 valence electrons. The van der Waals surface area contributed by atoms with E-state index in [0.29, 0.717) is 5.52 Å². The van der Waals surface area contributed by atoms with Gasteiger partial charge in [0.2, 0.25) is 0 Å². The minimum Gasteiger partial charge on any atom is -0.282 e. The number of rotatable bonds is 2. The zero-order valence-corrected chi connectivity index (χ0v) is 8.43. The van der Waals surface area contributed by atoms with Crippen molar-refractivity contribution in [3.8, 4) is 0 Å². The highest BCUT2D eigenvalue weighted by molar-refractivity contribution is 7.86. The van der Waals surface area contributed by atoms with Gasteiger partial charge in [-0.15, -0.1) is 0 Å². The van der Waals surface area contributed by atoms with Gasteiger partial charge in [0.25, 0.3) is 5.69 Å². The maximum absolute atomic E-state index is 11.1. The Labute approximate surface area is 88.8 Å². The van der Waals surface area contributed by atoms with E-state index < -0.39 is 25.6 Å². The van der Waals surface area contributed by atoms with Crippen molar-refractivity contribution >= 4 is 26.7 Å². The number of fused-ring (bicyclic) bond motifs is 1. The minimum absolute atomic E-state index is 0.0169. The van der Waals surface area contributed by atoms with Gasteiger partial charge in [-0.2, -0.15) is 13.5 Å². The Kier molecular flexibility index (Phi) is 2.14. The number of nitrogens with one attached hydrogen (secondary N) is 1. The molecule has 2 aromatic rings. The molecule has 0 saturated heterocycles. The summed E-state index contributed by atoms with van der Waals surface area (Å²) in [5, 5.41) is 16.6. The first-order valence-corrected chi connectivity index (χ1v) is 5.43. The van der Waals surface area contributed by atoms with Gasteiger partial charge in [-0.05, 0) is 6.07 Å². The number of nitrogens with zero attached hydrogens (tertiary/aromatic N) is 2. The predicted octanol–water partition coefficient (Wildman–Crippen LogP) is 0.718. The van der Waals surface area contributed by atoms with Crippen molar-refractivity contribution in [3.05, 3.63) is 28.4 Å². The third-order valence-corrected chi connectivity index (χ3v) is 2.95. The SMILES string of the molecule is O=[N+]([O-])c1ccc2[nH]ncc2c1S(=O)(=O)O. The molecule has 0 saturated carbocycles. The van der Waals surface area contributed by atoms with Gasteiger partial charge in [0.15, 0.2) is 4.90 Å². The molecule has 0 aliphatic rings. The minimum atomic E-state index is -4.68. The van der Waals surface area contributed by atoms with Crippen LogP contribution in [0.15, 0.2) is 23.2 Å². The van der Waals surface area contributed by atoms with Crippen molar-refractivity contribution in [1.82, 2.24) is 10.2 Å². The zero-order chi connectivity index (χ0) is 11.9. The fourth-order valence-corrected chi connectivity index (χ4v) is 2.24. The fourth-order valence-electron chi connectivity index (χ4n) is 1.39. The average Bonchev–Trinajstić information content (AvgIpc) is 2.61. The Morgan fingerprint density at radius 1 is 1.44 bits per heavy atom. The van der Waals surface area contributed by atoms with Gasteiger partial charge in [0, 0.05) is 11.5 Å². The molecule has 0 aliphatic carbocycles. The Balaban J connectivity index is 2.98. The number of benzene rings is 1. The van der Waals surface area contributed by atoms with E-state index >= 15 is 0 Å². The average molecular weight is 243 g/mol. The van der Waals surface area contributed by atoms with E-state index in [-0.39, 0.29) is 5.39 Å². The lowest BCUT2D eigenvalue weighted by Gasteiger charge is -2.00. The van der Waals surface area contributed by atoms with Crippen molar-refractivity contribution < 1.29 is 17.9 Å². The molecule has 1 heterocycles. The number of nitro groups is 1. The van der Waals surface area contributed by atoms with E-state index in [4.69, 9.17) is 4.55 Å². The normalized spacial score (nSPS) is 11.8. The molecule has 9 heteroatoms. The molecule has 0 unspecified atom stereocenters. The molecule has 16 heavy (non-hydrogen) atoms. The molecule has 0 amide bonds. The van der Waals surface area contributed by atoms with Crippen molar-refractivity contribution in [2.24, 2.45) is 0 Å². The van der Waals surface area contributed by atoms with Crippen LogP contribution in [0.1, 0.15) is 0 Å². The van der Waals surface area contributed by atoms with Crippen LogP contribution in [0.4, 0.5) is 5.69 Å². The third kappa shape index (κ3) is 1.51. The number of hydrogen-bond acceptors (Lipinski definition) is 5. The molecule has 0 spiro atoms. The maximum atomic E-state index is 11.1. The van der Waals surface area contributed by atoms with Gasteiger partial charge in [0.1, 0.15) is 0 Å². The van der Waals surface area contributed by atoms with Crippen LogP contribution in [0, 0.1) is 10.1 Å². The molecular weight excluding hydrogens is 238 g/mol. The highest BCUT2D eigenvalue weighted by Crippen LogP contribution is 2.30. The second-order valence-corrected chi connectivity index (χ2v) is 4.34. The number of hydrogen-bond donors (Lipinski definition) is 2. The van der Waals surface area contributed by atoms with Crippen LogP contribution in [-0.4, -0.2) is 28.1 Å². The second kappa shape index (κ2) is 3.25. The van der Waals surface area contributed by atoms with Crippen molar-refractivity contribution in [2.45, 2.75) is 4.90 Å². The molecule has 8 nitrogen and oxygen atoms in total. The summed E-state index contributed by atoms with van der Waals surface area (Å²) in [5.74, 6) is 0. The van der Waals surface area contributed by atoms with Crippen molar-refractivity contribution in [3.63, 3.8) is 0 Å². The van der Waals surface area contributed by atoms with E-state index in [1.807, 2.05) is 0 Å². The number of H-pyrrole nitrogens is 1. The van der Waals surface area contributed by atoms with Gasteiger partial charge in [-0.25, -0.2) is 0 Å². The van der Waals surface area contributed by atoms with Crippen molar-refractivity contribution in [2.75, 3.05) is 0 Å². The highest BCUT2D eigenvalue weighted by atomic mass is 32.2. The molecular formula is C7H5N3O5S. The number of aromatic amines is 1. The van der Waals surface area contributed by atoms with Crippen LogP contribution in [0.3, 0.4) is 0 Å². The smallest absolute Gasteiger partial charge is 0.282 e. The standard InChI is InChI=1S/C7H5N3O5S/c11-10(12)6-2-1-5-4(3-8-9-5)7(6)16(13,14)15/h1-3H,(H,8,9)(H,13,14,15). The largest absolute Gasteiger partial charge is 0.302 e. The van der Waals surface area contributed by atoms with Crippen LogP contribution in [0.5, 0.6) is 0 Å². The van der Waals surface area contributed by atoms with Crippen LogP contribution in [-0.2, 0) is 10.1 Å². The summed E-state index contributed by atoms with van der Waals surface area (Å²) in [6, 6.07) is 2.30. The lowest BCUT2D eigenvalue weighted by molar-refractivity contribution is -0.387. The van der Waals surface area contributed by atoms with E-state index in [2.05, 4.69) is 10.2 Å². The van der Waals surface area contributed by atoms with E-state index in [1.54, 1.807) is 0 Å². The van der Waals surface area contributed by atoms with E-state index in [1.165, 1.54) is 6.07 Å². The van der Waals surface area contributed by atoms with Crippen LogP contribution >= 0.6 is 0 Å². The van der Waals surface area contributed by atoms with Crippen LogP contribution < -0.4 is 0 Å². The molecule has 2 N–H and O–H groups in total. The van der Waals surface area contributed by atoms with Crippen molar-refractivity contribution in [1.29, 1.82) is 0 Å². The summed E-state index contributed by atoms with van der Waals surface area (Å²) in [6.07, 6.45) is 1.10. The number of aromatic nitrogens is 2. The molecule has 0 aliphatic heterocycles. The summed E-state index contributed by atoms with van der Waals surface area (Å²) >= 11 is 0. The first-order chi connectivity index (χ1) is 7.41. The molecule has 2 rings (SSSR count). The third-order valence-electron chi connectivity index (χ3n) is 2.01. The lowest BCUT2D eigenvalue weighted by Crippen LogP contribution is -2.03. The summed E-state index contributed by atoms with van der Waals surface area (Å²) in [6.45, 7) is 0. The summed E-state index contributed by atoms with van der Waals surface area (Å²) < 4.78 is 31.1. The molecule has 0 radical (unpaired) electrons. The lowest BCUT2D eigenvalue weighted by atomic mass is 10.2. The van der Waals surface area contributed by atoms with E-state index in [0.717, 1.165) is 12.3 Å². The molecule has 1 aromatic heterocycles. The van der Waals surface area contributed by atoms with Gasteiger partial charge < -0.3 is 0 Å². The topological polar surface area (TPSA) is 126 Å². The van der Waals surface area contributed by atoms with Crippen LogP contribution in [0.25, 0.3) is 10.9 Å². The first kappa shape index (κ1) is 10.5. The number of nitro benzene ring substituents is 1. The molecule has 0 bridgehead atoms. The summed E-state index contributed by atoms with van der Waals surface area (Å²) in [5.41, 5.74) is -0.394. The Bertz CT molecular complexity index is 674. The highest BCUT2D eigenvalue weighted by Gasteiger charge is 2.27. The Morgan fingerprint density at radius 3 is 2.69 bits per heavy atom. The van der Waals surface area contributed by atoms with Gasteiger partial charge in [0.05, 0.1) is 16.6 Å².